The average molecular weight is 357 g/mol. The predicted octanol–water partition coefficient (Wildman–Crippen LogP) is 1.49. The van der Waals surface area contributed by atoms with Crippen LogP contribution in [-0.2, 0) is 11.3 Å². The van der Waals surface area contributed by atoms with Crippen LogP contribution in [-0.4, -0.2) is 46.2 Å². The Hall–Kier alpha value is -2.41. The molecule has 0 saturated carbocycles. The van der Waals surface area contributed by atoms with Crippen molar-refractivity contribution in [1.82, 2.24) is 14.5 Å². The molecule has 2 aliphatic heterocycles. The minimum Gasteiger partial charge on any atom is -0.376 e. The Kier molecular flexibility index (Phi) is 4.63. The molecule has 138 valence electrons. The first-order valence-electron chi connectivity index (χ1n) is 9.31. The van der Waals surface area contributed by atoms with Gasteiger partial charge in [-0.05, 0) is 50.3 Å². The van der Waals surface area contributed by atoms with Crippen LogP contribution in [0.15, 0.2) is 27.8 Å². The molecule has 3 heterocycles. The Morgan fingerprint density at radius 3 is 2.69 bits per heavy atom. The number of fused-ring (bicyclic) bond motifs is 1. The van der Waals surface area contributed by atoms with Crippen LogP contribution in [0.1, 0.15) is 42.5 Å². The van der Waals surface area contributed by atoms with E-state index in [1.54, 1.807) is 18.2 Å². The van der Waals surface area contributed by atoms with E-state index in [4.69, 9.17) is 4.74 Å². The molecule has 26 heavy (non-hydrogen) atoms. The summed E-state index contributed by atoms with van der Waals surface area (Å²) in [5.74, 6) is -0.0454. The van der Waals surface area contributed by atoms with Gasteiger partial charge >= 0.3 is 5.69 Å². The van der Waals surface area contributed by atoms with Crippen molar-refractivity contribution in [2.75, 3.05) is 19.7 Å². The summed E-state index contributed by atoms with van der Waals surface area (Å²) in [5.41, 5.74) is 0.120. The molecule has 1 aromatic carbocycles. The maximum atomic E-state index is 12.7. The molecule has 2 fully saturated rings. The highest BCUT2D eigenvalue weighted by atomic mass is 16.5. The molecular weight excluding hydrogens is 334 g/mol. The molecule has 0 bridgehead atoms. The van der Waals surface area contributed by atoms with E-state index < -0.39 is 5.69 Å². The van der Waals surface area contributed by atoms with Gasteiger partial charge in [-0.25, -0.2) is 4.79 Å². The number of nitrogens with one attached hydrogen (secondary N) is 1. The van der Waals surface area contributed by atoms with Gasteiger partial charge in [0, 0.05) is 25.3 Å². The van der Waals surface area contributed by atoms with E-state index in [1.807, 2.05) is 4.90 Å². The van der Waals surface area contributed by atoms with Gasteiger partial charge in [-0.1, -0.05) is 0 Å². The molecule has 1 amide bonds. The Bertz CT molecular complexity index is 934. The van der Waals surface area contributed by atoms with Crippen LogP contribution < -0.4 is 11.2 Å². The first-order valence-corrected chi connectivity index (χ1v) is 9.31. The van der Waals surface area contributed by atoms with E-state index in [-0.39, 0.29) is 24.1 Å². The molecular formula is C19H23N3O4. The van der Waals surface area contributed by atoms with Crippen molar-refractivity contribution in [1.29, 1.82) is 0 Å². The number of hydrogen-bond acceptors (Lipinski definition) is 4. The van der Waals surface area contributed by atoms with E-state index in [1.165, 1.54) is 4.57 Å². The second-order valence-electron chi connectivity index (χ2n) is 7.09. The molecule has 0 radical (unpaired) electrons. The standard InChI is InChI=1S/C19H23N3O4/c23-17(21-8-2-1-3-9-21)13-6-7-15-16(11-13)20-19(25)22(18(15)24)12-14-5-4-10-26-14/h6-7,11,14H,1-5,8-10,12H2,(H,20,25)/t14-/m0/s1. The highest BCUT2D eigenvalue weighted by molar-refractivity contribution is 5.97. The van der Waals surface area contributed by atoms with Crippen LogP contribution in [0, 0.1) is 0 Å². The van der Waals surface area contributed by atoms with Crippen LogP contribution in [0.5, 0.6) is 0 Å². The lowest BCUT2D eigenvalue weighted by Gasteiger charge is -2.26. The number of aromatic nitrogens is 2. The Morgan fingerprint density at radius 1 is 1.15 bits per heavy atom. The van der Waals surface area contributed by atoms with Crippen LogP contribution in [0.25, 0.3) is 10.9 Å². The SMILES string of the molecule is O=C(c1ccc2c(=O)n(C[C@@H]3CCCO3)c(=O)[nH]c2c1)N1CCCCC1. The molecule has 7 nitrogen and oxygen atoms in total. The molecule has 0 spiro atoms. The van der Waals surface area contributed by atoms with Gasteiger partial charge in [-0.15, -0.1) is 0 Å². The van der Waals surface area contributed by atoms with Gasteiger partial charge in [0.25, 0.3) is 11.5 Å². The zero-order valence-corrected chi connectivity index (χ0v) is 14.7. The molecule has 2 aliphatic rings. The Balaban J connectivity index is 1.67. The first kappa shape index (κ1) is 17.0. The second-order valence-corrected chi connectivity index (χ2v) is 7.09. The van der Waals surface area contributed by atoms with Crippen molar-refractivity contribution in [2.45, 2.75) is 44.8 Å². The Morgan fingerprint density at radius 2 is 1.96 bits per heavy atom. The van der Waals surface area contributed by atoms with Gasteiger partial charge in [-0.2, -0.15) is 0 Å². The largest absolute Gasteiger partial charge is 0.376 e. The highest BCUT2D eigenvalue weighted by Crippen LogP contribution is 2.16. The van der Waals surface area contributed by atoms with Crippen molar-refractivity contribution in [3.8, 4) is 0 Å². The number of rotatable bonds is 3. The number of amides is 1. The molecule has 4 rings (SSSR count). The molecule has 1 N–H and O–H groups in total. The lowest BCUT2D eigenvalue weighted by molar-refractivity contribution is 0.0724. The summed E-state index contributed by atoms with van der Waals surface area (Å²) in [7, 11) is 0. The summed E-state index contributed by atoms with van der Waals surface area (Å²) < 4.78 is 6.73. The monoisotopic (exact) mass is 357 g/mol. The fraction of sp³-hybridized carbons (Fsp3) is 0.526. The van der Waals surface area contributed by atoms with Crippen molar-refractivity contribution in [3.05, 3.63) is 44.6 Å². The molecule has 1 atom stereocenters. The summed E-state index contributed by atoms with van der Waals surface area (Å²) in [5, 5.41) is 0.415. The first-order chi connectivity index (χ1) is 12.6. The van der Waals surface area contributed by atoms with E-state index in [0.29, 0.717) is 23.1 Å². The summed E-state index contributed by atoms with van der Waals surface area (Å²) in [6.45, 7) is 2.46. The van der Waals surface area contributed by atoms with E-state index in [9.17, 15) is 14.4 Å². The number of benzene rings is 1. The zero-order valence-electron chi connectivity index (χ0n) is 14.7. The van der Waals surface area contributed by atoms with Crippen LogP contribution in [0.4, 0.5) is 0 Å². The summed E-state index contributed by atoms with van der Waals surface area (Å²) in [4.78, 5) is 42.3. The van der Waals surface area contributed by atoms with Gasteiger partial charge in [0.15, 0.2) is 0 Å². The number of hydrogen-bond donors (Lipinski definition) is 1. The lowest BCUT2D eigenvalue weighted by atomic mass is 10.1. The topological polar surface area (TPSA) is 84.4 Å². The number of ether oxygens (including phenoxy) is 1. The molecule has 0 unspecified atom stereocenters. The van der Waals surface area contributed by atoms with Gasteiger partial charge in [-0.3, -0.25) is 14.2 Å². The average Bonchev–Trinajstić information content (AvgIpc) is 3.18. The highest BCUT2D eigenvalue weighted by Gasteiger charge is 2.21. The van der Waals surface area contributed by atoms with Gasteiger partial charge < -0.3 is 14.6 Å². The number of carbonyl (C=O) groups is 1. The fourth-order valence-electron chi connectivity index (χ4n) is 3.82. The quantitative estimate of drug-likeness (QED) is 0.902. The summed E-state index contributed by atoms with van der Waals surface area (Å²) >= 11 is 0. The molecule has 1 aromatic heterocycles. The van der Waals surface area contributed by atoms with Crippen molar-refractivity contribution in [3.63, 3.8) is 0 Å². The van der Waals surface area contributed by atoms with Gasteiger partial charge in [0.1, 0.15) is 0 Å². The molecule has 0 aliphatic carbocycles. The number of nitrogens with zero attached hydrogens (tertiary/aromatic N) is 2. The minimum atomic E-state index is -0.458. The second kappa shape index (κ2) is 7.07. The van der Waals surface area contributed by atoms with Crippen molar-refractivity contribution in [2.24, 2.45) is 0 Å². The van der Waals surface area contributed by atoms with Crippen LogP contribution in [0.3, 0.4) is 0 Å². The van der Waals surface area contributed by atoms with Crippen molar-refractivity contribution < 1.29 is 9.53 Å². The summed E-state index contributed by atoms with van der Waals surface area (Å²) in [6.07, 6.45) is 4.90. The van der Waals surface area contributed by atoms with Crippen molar-refractivity contribution >= 4 is 16.8 Å². The fourth-order valence-corrected chi connectivity index (χ4v) is 3.82. The summed E-state index contributed by atoms with van der Waals surface area (Å²) in [6, 6.07) is 4.93. The van der Waals surface area contributed by atoms with Crippen LogP contribution in [0.2, 0.25) is 0 Å². The zero-order chi connectivity index (χ0) is 18.1. The number of piperidine rings is 1. The molecule has 2 saturated heterocycles. The van der Waals surface area contributed by atoms with E-state index in [2.05, 4.69) is 4.98 Å². The predicted molar refractivity (Wildman–Crippen MR) is 97.6 cm³/mol. The third-order valence-electron chi connectivity index (χ3n) is 5.28. The van der Waals surface area contributed by atoms with Gasteiger partial charge in [0.05, 0.1) is 23.6 Å². The lowest BCUT2D eigenvalue weighted by Crippen LogP contribution is -2.38. The van der Waals surface area contributed by atoms with Gasteiger partial charge in [0.2, 0.25) is 0 Å². The Labute approximate surface area is 150 Å². The molecule has 7 heteroatoms. The third kappa shape index (κ3) is 3.19. The number of carbonyl (C=O) groups excluding carboxylic acids is 1. The van der Waals surface area contributed by atoms with E-state index in [0.717, 1.165) is 45.2 Å². The maximum absolute atomic E-state index is 12.7. The normalized spacial score (nSPS) is 20.6. The minimum absolute atomic E-state index is 0.0454. The number of H-pyrrole nitrogens is 1. The number of likely N-dealkylation sites (tertiary alicyclic amines) is 1. The van der Waals surface area contributed by atoms with E-state index >= 15 is 0 Å². The third-order valence-corrected chi connectivity index (χ3v) is 5.28. The smallest absolute Gasteiger partial charge is 0.328 e. The van der Waals surface area contributed by atoms with Crippen LogP contribution >= 0.6 is 0 Å². The maximum Gasteiger partial charge on any atom is 0.328 e. The molecule has 2 aromatic rings. The number of aromatic amines is 1.